The Labute approximate surface area is 121 Å². The summed E-state index contributed by atoms with van der Waals surface area (Å²) in [6.45, 7) is 6.29. The molecule has 0 aliphatic heterocycles. The summed E-state index contributed by atoms with van der Waals surface area (Å²) in [5, 5.41) is 11.0. The molecule has 1 N–H and O–H groups in total. The van der Waals surface area contributed by atoms with Gasteiger partial charge in [-0.1, -0.05) is 50.2 Å². The molecule has 0 spiro atoms. The summed E-state index contributed by atoms with van der Waals surface area (Å²) in [6, 6.07) is 12.3. The minimum absolute atomic E-state index is 0.253. The van der Waals surface area contributed by atoms with E-state index in [0.717, 1.165) is 24.0 Å². The van der Waals surface area contributed by atoms with E-state index < -0.39 is 6.10 Å². The summed E-state index contributed by atoms with van der Waals surface area (Å²) in [6.07, 6.45) is 4.84. The van der Waals surface area contributed by atoms with Gasteiger partial charge in [-0.3, -0.25) is 4.98 Å². The Morgan fingerprint density at radius 2 is 1.75 bits per heavy atom. The van der Waals surface area contributed by atoms with Crippen molar-refractivity contribution in [3.8, 4) is 0 Å². The molecule has 0 aliphatic rings. The van der Waals surface area contributed by atoms with Crippen LogP contribution in [-0.2, 0) is 5.41 Å². The molecule has 1 aromatic heterocycles. The lowest BCUT2D eigenvalue weighted by atomic mass is 9.69. The smallest absolute Gasteiger partial charge is 0.0901 e. The Morgan fingerprint density at radius 3 is 2.30 bits per heavy atom. The average molecular weight is 269 g/mol. The summed E-state index contributed by atoms with van der Waals surface area (Å²) in [5.74, 6) is 0. The summed E-state index contributed by atoms with van der Waals surface area (Å²) in [7, 11) is 0. The number of benzene rings is 1. The van der Waals surface area contributed by atoms with Crippen LogP contribution in [-0.4, -0.2) is 10.1 Å². The maximum atomic E-state index is 11.0. The fourth-order valence-corrected chi connectivity index (χ4v) is 3.02. The number of aryl methyl sites for hydroxylation is 1. The first-order chi connectivity index (χ1) is 9.64. The summed E-state index contributed by atoms with van der Waals surface area (Å²) < 4.78 is 0. The van der Waals surface area contributed by atoms with E-state index >= 15 is 0 Å². The van der Waals surface area contributed by atoms with Crippen molar-refractivity contribution in [1.82, 2.24) is 4.98 Å². The van der Waals surface area contributed by atoms with Crippen LogP contribution in [0.3, 0.4) is 0 Å². The highest BCUT2D eigenvalue weighted by Gasteiger charge is 2.37. The predicted octanol–water partition coefficient (Wildman–Crippen LogP) is 4.18. The van der Waals surface area contributed by atoms with Crippen molar-refractivity contribution in [3.63, 3.8) is 0 Å². The van der Waals surface area contributed by atoms with Crippen molar-refractivity contribution in [3.05, 3.63) is 65.5 Å². The molecule has 2 aromatic rings. The number of hydrogen-bond donors (Lipinski definition) is 1. The number of rotatable bonds is 5. The Balaban J connectivity index is 2.48. The molecule has 2 heteroatoms. The zero-order valence-corrected chi connectivity index (χ0v) is 12.5. The second-order valence-electron chi connectivity index (χ2n) is 5.43. The molecule has 2 nitrogen and oxygen atoms in total. The third-order valence-electron chi connectivity index (χ3n) is 4.35. The minimum Gasteiger partial charge on any atom is -0.387 e. The lowest BCUT2D eigenvalue weighted by Crippen LogP contribution is -2.32. The first-order valence-corrected chi connectivity index (χ1v) is 7.29. The second-order valence-corrected chi connectivity index (χ2v) is 5.43. The molecule has 0 bridgehead atoms. The van der Waals surface area contributed by atoms with Gasteiger partial charge in [0.05, 0.1) is 6.10 Å². The van der Waals surface area contributed by atoms with Crippen LogP contribution in [0.5, 0.6) is 0 Å². The SMILES string of the molecule is CCC(CC)(c1ccccc1)C(O)c1cncc(C)c1. The van der Waals surface area contributed by atoms with Crippen molar-refractivity contribution in [2.24, 2.45) is 0 Å². The molecule has 0 aliphatic carbocycles. The third kappa shape index (κ3) is 2.61. The van der Waals surface area contributed by atoms with Gasteiger partial charge in [0.1, 0.15) is 0 Å². The number of aromatic nitrogens is 1. The van der Waals surface area contributed by atoms with E-state index in [9.17, 15) is 5.11 Å². The molecule has 0 amide bonds. The predicted molar refractivity (Wildman–Crippen MR) is 82.6 cm³/mol. The molecule has 0 saturated carbocycles. The van der Waals surface area contributed by atoms with E-state index in [1.165, 1.54) is 5.56 Å². The van der Waals surface area contributed by atoms with Crippen LogP contribution >= 0.6 is 0 Å². The average Bonchev–Trinajstić information content (AvgIpc) is 2.50. The quantitative estimate of drug-likeness (QED) is 0.883. The largest absolute Gasteiger partial charge is 0.387 e. The highest BCUT2D eigenvalue weighted by molar-refractivity contribution is 5.32. The second kappa shape index (κ2) is 6.19. The van der Waals surface area contributed by atoms with Crippen molar-refractivity contribution in [2.45, 2.75) is 45.1 Å². The number of hydrogen-bond acceptors (Lipinski definition) is 2. The Bertz CT molecular complexity index is 546. The van der Waals surface area contributed by atoms with Gasteiger partial charge in [0.15, 0.2) is 0 Å². The molecule has 2 rings (SSSR count). The minimum atomic E-state index is -0.535. The van der Waals surface area contributed by atoms with Crippen LogP contribution in [0.2, 0.25) is 0 Å². The standard InChI is InChI=1S/C18H23NO/c1-4-18(5-2,16-9-7-6-8-10-16)17(20)15-11-14(3)12-19-13-15/h6-13,17,20H,4-5H2,1-3H3. The van der Waals surface area contributed by atoms with E-state index in [2.05, 4.69) is 31.0 Å². The fourth-order valence-electron chi connectivity index (χ4n) is 3.02. The summed E-state index contributed by atoms with van der Waals surface area (Å²) in [4.78, 5) is 4.22. The van der Waals surface area contributed by atoms with E-state index in [0.29, 0.717) is 0 Å². The summed E-state index contributed by atoms with van der Waals surface area (Å²) in [5.41, 5.74) is 2.92. The molecule has 0 radical (unpaired) electrons. The molecule has 0 fully saturated rings. The maximum Gasteiger partial charge on any atom is 0.0901 e. The molecule has 1 unspecified atom stereocenters. The van der Waals surface area contributed by atoms with Crippen molar-refractivity contribution < 1.29 is 5.11 Å². The van der Waals surface area contributed by atoms with Gasteiger partial charge in [0.25, 0.3) is 0 Å². The number of aliphatic hydroxyl groups excluding tert-OH is 1. The Hall–Kier alpha value is -1.67. The molecular weight excluding hydrogens is 246 g/mol. The highest BCUT2D eigenvalue weighted by Crippen LogP contribution is 2.42. The van der Waals surface area contributed by atoms with Gasteiger partial charge in [-0.05, 0) is 36.5 Å². The van der Waals surface area contributed by atoms with Gasteiger partial charge in [0, 0.05) is 17.8 Å². The molecular formula is C18H23NO. The Morgan fingerprint density at radius 1 is 1.10 bits per heavy atom. The van der Waals surface area contributed by atoms with Crippen LogP contribution in [0.15, 0.2) is 48.8 Å². The first-order valence-electron chi connectivity index (χ1n) is 7.29. The van der Waals surface area contributed by atoms with Crippen molar-refractivity contribution in [2.75, 3.05) is 0 Å². The number of pyridine rings is 1. The highest BCUT2D eigenvalue weighted by atomic mass is 16.3. The van der Waals surface area contributed by atoms with Gasteiger partial charge >= 0.3 is 0 Å². The van der Waals surface area contributed by atoms with E-state index in [4.69, 9.17) is 0 Å². The van der Waals surface area contributed by atoms with E-state index in [1.54, 1.807) is 6.20 Å². The van der Waals surface area contributed by atoms with Gasteiger partial charge in [-0.25, -0.2) is 0 Å². The molecule has 1 atom stereocenters. The van der Waals surface area contributed by atoms with Crippen LogP contribution in [0.25, 0.3) is 0 Å². The molecule has 106 valence electrons. The lowest BCUT2D eigenvalue weighted by molar-refractivity contribution is 0.0724. The summed E-state index contributed by atoms with van der Waals surface area (Å²) >= 11 is 0. The van der Waals surface area contributed by atoms with Crippen LogP contribution in [0.4, 0.5) is 0 Å². The monoisotopic (exact) mass is 269 g/mol. The number of aliphatic hydroxyl groups is 1. The van der Waals surface area contributed by atoms with E-state index in [-0.39, 0.29) is 5.41 Å². The van der Waals surface area contributed by atoms with Gasteiger partial charge in [-0.2, -0.15) is 0 Å². The molecule has 20 heavy (non-hydrogen) atoms. The van der Waals surface area contributed by atoms with Gasteiger partial charge in [0.2, 0.25) is 0 Å². The maximum absolute atomic E-state index is 11.0. The first kappa shape index (κ1) is 14.7. The van der Waals surface area contributed by atoms with E-state index in [1.807, 2.05) is 37.4 Å². The van der Waals surface area contributed by atoms with Crippen LogP contribution in [0, 0.1) is 6.92 Å². The molecule has 1 aromatic carbocycles. The normalized spacial score (nSPS) is 13.2. The zero-order chi connectivity index (χ0) is 14.6. The van der Waals surface area contributed by atoms with Crippen LogP contribution in [0.1, 0.15) is 49.5 Å². The number of nitrogens with zero attached hydrogens (tertiary/aromatic N) is 1. The van der Waals surface area contributed by atoms with Crippen molar-refractivity contribution in [1.29, 1.82) is 0 Å². The Kier molecular flexibility index (Phi) is 4.56. The topological polar surface area (TPSA) is 33.1 Å². The van der Waals surface area contributed by atoms with Gasteiger partial charge in [-0.15, -0.1) is 0 Å². The third-order valence-corrected chi connectivity index (χ3v) is 4.35. The molecule has 0 saturated heterocycles. The fraction of sp³-hybridized carbons (Fsp3) is 0.389. The molecule has 1 heterocycles. The van der Waals surface area contributed by atoms with Gasteiger partial charge < -0.3 is 5.11 Å². The van der Waals surface area contributed by atoms with Crippen molar-refractivity contribution >= 4 is 0 Å². The zero-order valence-electron chi connectivity index (χ0n) is 12.5. The van der Waals surface area contributed by atoms with Crippen LogP contribution < -0.4 is 0 Å². The lowest BCUT2D eigenvalue weighted by Gasteiger charge is -2.37.